The van der Waals surface area contributed by atoms with Crippen LogP contribution in [0.5, 0.6) is 0 Å². The molecule has 0 aromatic heterocycles. The molecule has 94 valence electrons. The molecular weight excluding hydrogens is 220 g/mol. The van der Waals surface area contributed by atoms with Gasteiger partial charge in [-0.2, -0.15) is 0 Å². The van der Waals surface area contributed by atoms with Gasteiger partial charge < -0.3 is 5.32 Å². The minimum atomic E-state index is -0.308. The molecule has 0 bridgehead atoms. The molecule has 1 nitrogen and oxygen atoms in total. The Morgan fingerprint density at radius 2 is 1.94 bits per heavy atom. The monoisotopic (exact) mass is 239 g/mol. The highest BCUT2D eigenvalue weighted by Gasteiger charge is 2.19. The first-order chi connectivity index (χ1) is 8.16. The summed E-state index contributed by atoms with van der Waals surface area (Å²) in [4.78, 5) is 0. The lowest BCUT2D eigenvalue weighted by Gasteiger charge is -2.06. The summed E-state index contributed by atoms with van der Waals surface area (Å²) < 4.78 is 26.8. The summed E-state index contributed by atoms with van der Waals surface area (Å²) in [7, 11) is 0. The van der Waals surface area contributed by atoms with Gasteiger partial charge in [-0.1, -0.05) is 0 Å². The van der Waals surface area contributed by atoms with Gasteiger partial charge in [0.05, 0.1) is 0 Å². The number of unbranched alkanes of at least 4 members (excludes halogenated alkanes) is 1. The second-order valence-corrected chi connectivity index (χ2v) is 4.88. The zero-order valence-electron chi connectivity index (χ0n) is 10.2. The van der Waals surface area contributed by atoms with E-state index in [0.717, 1.165) is 25.4 Å². The fraction of sp³-hybridized carbons (Fsp3) is 0.571. The lowest BCUT2D eigenvalue weighted by atomic mass is 10.1. The number of nitrogens with one attached hydrogen (secondary N) is 1. The van der Waals surface area contributed by atoms with E-state index in [1.54, 1.807) is 6.92 Å². The average molecular weight is 239 g/mol. The highest BCUT2D eigenvalue weighted by atomic mass is 19.1. The van der Waals surface area contributed by atoms with Gasteiger partial charge in [0.1, 0.15) is 11.6 Å². The Balaban J connectivity index is 1.75. The molecule has 0 aliphatic heterocycles. The van der Waals surface area contributed by atoms with Crippen LogP contribution in [0.3, 0.4) is 0 Å². The lowest BCUT2D eigenvalue weighted by molar-refractivity contribution is 0.565. The van der Waals surface area contributed by atoms with Crippen LogP contribution in [-0.2, 0) is 6.42 Å². The van der Waals surface area contributed by atoms with Gasteiger partial charge in [-0.25, -0.2) is 8.78 Å². The number of aryl methyl sites for hydroxylation is 2. The van der Waals surface area contributed by atoms with E-state index in [9.17, 15) is 8.78 Å². The Hall–Kier alpha value is -0.960. The predicted octanol–water partition coefficient (Wildman–Crippen LogP) is 3.35. The quantitative estimate of drug-likeness (QED) is 0.751. The Morgan fingerprint density at radius 1 is 1.18 bits per heavy atom. The summed E-state index contributed by atoms with van der Waals surface area (Å²) in [6.07, 6.45) is 5.12. The smallest absolute Gasteiger partial charge is 0.126 e. The highest BCUT2D eigenvalue weighted by molar-refractivity contribution is 5.25. The summed E-state index contributed by atoms with van der Waals surface area (Å²) >= 11 is 0. The Labute approximate surface area is 101 Å². The SMILES string of the molecule is Cc1cc(F)c(CCCCNC2CC2)cc1F. The number of hydrogen-bond acceptors (Lipinski definition) is 1. The second kappa shape index (κ2) is 5.58. The molecule has 0 atom stereocenters. The normalized spacial score (nSPS) is 15.2. The standard InChI is InChI=1S/C14H19F2N/c1-10-8-14(16)11(9-13(10)15)4-2-3-7-17-12-5-6-12/h8-9,12,17H,2-7H2,1H3. The first-order valence-electron chi connectivity index (χ1n) is 6.34. The Kier molecular flexibility index (Phi) is 4.11. The van der Waals surface area contributed by atoms with Gasteiger partial charge in [-0.15, -0.1) is 0 Å². The summed E-state index contributed by atoms with van der Waals surface area (Å²) in [6.45, 7) is 2.57. The molecule has 3 heteroatoms. The third-order valence-electron chi connectivity index (χ3n) is 3.21. The van der Waals surface area contributed by atoms with Crippen molar-refractivity contribution in [1.82, 2.24) is 5.32 Å². The molecule has 1 N–H and O–H groups in total. The topological polar surface area (TPSA) is 12.0 Å². The van der Waals surface area contributed by atoms with E-state index in [4.69, 9.17) is 0 Å². The van der Waals surface area contributed by atoms with Crippen molar-refractivity contribution < 1.29 is 8.78 Å². The summed E-state index contributed by atoms with van der Waals surface area (Å²) in [5, 5.41) is 3.41. The van der Waals surface area contributed by atoms with Gasteiger partial charge >= 0.3 is 0 Å². The van der Waals surface area contributed by atoms with Crippen LogP contribution in [0.1, 0.15) is 36.8 Å². The van der Waals surface area contributed by atoms with Crippen molar-refractivity contribution in [2.75, 3.05) is 6.54 Å². The zero-order valence-corrected chi connectivity index (χ0v) is 10.2. The number of rotatable bonds is 6. The van der Waals surface area contributed by atoms with Crippen LogP contribution < -0.4 is 5.32 Å². The van der Waals surface area contributed by atoms with Crippen molar-refractivity contribution in [2.45, 2.75) is 45.1 Å². The van der Waals surface area contributed by atoms with Crippen LogP contribution in [0.2, 0.25) is 0 Å². The van der Waals surface area contributed by atoms with E-state index in [-0.39, 0.29) is 11.6 Å². The highest BCUT2D eigenvalue weighted by Crippen LogP contribution is 2.19. The van der Waals surface area contributed by atoms with E-state index < -0.39 is 0 Å². The third-order valence-corrected chi connectivity index (χ3v) is 3.21. The van der Waals surface area contributed by atoms with Crippen molar-refractivity contribution in [1.29, 1.82) is 0 Å². The fourth-order valence-corrected chi connectivity index (χ4v) is 1.91. The van der Waals surface area contributed by atoms with Crippen LogP contribution in [0.25, 0.3) is 0 Å². The molecular formula is C14H19F2N. The summed E-state index contributed by atoms with van der Waals surface area (Å²) in [5.74, 6) is -0.587. The lowest BCUT2D eigenvalue weighted by Crippen LogP contribution is -2.17. The van der Waals surface area contributed by atoms with E-state index in [2.05, 4.69) is 5.32 Å². The van der Waals surface area contributed by atoms with Crippen LogP contribution >= 0.6 is 0 Å². The molecule has 1 saturated carbocycles. The van der Waals surface area contributed by atoms with Crippen molar-refractivity contribution in [3.63, 3.8) is 0 Å². The van der Waals surface area contributed by atoms with E-state index in [1.165, 1.54) is 25.0 Å². The van der Waals surface area contributed by atoms with Gasteiger partial charge in [-0.05, 0) is 68.8 Å². The first kappa shape index (κ1) is 12.5. The molecule has 0 saturated heterocycles. The molecule has 1 aromatic carbocycles. The third kappa shape index (κ3) is 3.77. The summed E-state index contributed by atoms with van der Waals surface area (Å²) in [5.41, 5.74) is 0.876. The molecule has 0 unspecified atom stereocenters. The van der Waals surface area contributed by atoms with Crippen LogP contribution in [0.4, 0.5) is 8.78 Å². The van der Waals surface area contributed by atoms with Crippen molar-refractivity contribution in [3.05, 3.63) is 34.9 Å². The maximum Gasteiger partial charge on any atom is 0.126 e. The number of benzene rings is 1. The van der Waals surface area contributed by atoms with Crippen LogP contribution in [0, 0.1) is 18.6 Å². The van der Waals surface area contributed by atoms with Gasteiger partial charge in [0.15, 0.2) is 0 Å². The van der Waals surface area contributed by atoms with Gasteiger partial charge in [0, 0.05) is 6.04 Å². The molecule has 0 radical (unpaired) electrons. The van der Waals surface area contributed by atoms with Crippen LogP contribution in [-0.4, -0.2) is 12.6 Å². The Bertz CT molecular complexity index is 386. The molecule has 17 heavy (non-hydrogen) atoms. The second-order valence-electron chi connectivity index (χ2n) is 4.88. The molecule has 1 fully saturated rings. The van der Waals surface area contributed by atoms with Crippen LogP contribution in [0.15, 0.2) is 12.1 Å². The molecule has 1 aliphatic rings. The number of hydrogen-bond donors (Lipinski definition) is 1. The predicted molar refractivity (Wildman–Crippen MR) is 65.1 cm³/mol. The molecule has 2 rings (SSSR count). The minimum Gasteiger partial charge on any atom is -0.314 e. The minimum absolute atomic E-state index is 0.279. The molecule has 1 aromatic rings. The van der Waals surface area contributed by atoms with Crippen molar-refractivity contribution in [2.24, 2.45) is 0 Å². The van der Waals surface area contributed by atoms with Crippen molar-refractivity contribution in [3.8, 4) is 0 Å². The number of halogens is 2. The molecule has 1 aliphatic carbocycles. The first-order valence-corrected chi connectivity index (χ1v) is 6.34. The average Bonchev–Trinajstić information content (AvgIpc) is 3.08. The molecule has 0 spiro atoms. The zero-order chi connectivity index (χ0) is 12.3. The Morgan fingerprint density at radius 3 is 2.65 bits per heavy atom. The van der Waals surface area contributed by atoms with Gasteiger partial charge in [0.2, 0.25) is 0 Å². The fourth-order valence-electron chi connectivity index (χ4n) is 1.91. The largest absolute Gasteiger partial charge is 0.314 e. The van der Waals surface area contributed by atoms with Gasteiger partial charge in [0.25, 0.3) is 0 Å². The maximum absolute atomic E-state index is 13.5. The van der Waals surface area contributed by atoms with Crippen molar-refractivity contribution >= 4 is 0 Å². The van der Waals surface area contributed by atoms with E-state index in [1.807, 2.05) is 0 Å². The maximum atomic E-state index is 13.5. The molecule has 0 amide bonds. The molecule has 0 heterocycles. The van der Waals surface area contributed by atoms with Gasteiger partial charge in [-0.3, -0.25) is 0 Å². The summed E-state index contributed by atoms with van der Waals surface area (Å²) in [6, 6.07) is 3.34. The van der Waals surface area contributed by atoms with E-state index in [0.29, 0.717) is 17.5 Å². The van der Waals surface area contributed by atoms with E-state index >= 15 is 0 Å².